The second-order valence-electron chi connectivity index (χ2n) is 2.86. The second-order valence-corrected chi connectivity index (χ2v) is 2.86. The molecule has 0 saturated heterocycles. The molecule has 0 spiro atoms. The Bertz CT molecular complexity index is 159. The lowest BCUT2D eigenvalue weighted by Gasteiger charge is -2.09. The molecule has 0 aromatic carbocycles. The summed E-state index contributed by atoms with van der Waals surface area (Å²) in [7, 11) is 0. The molecule has 0 rings (SSSR count). The van der Waals surface area contributed by atoms with Crippen LogP contribution in [0.3, 0.4) is 0 Å². The average Bonchev–Trinajstić information content (AvgIpc) is 1.87. The Morgan fingerprint density at radius 1 is 1.36 bits per heavy atom. The molecule has 0 heterocycles. The van der Waals surface area contributed by atoms with E-state index in [4.69, 9.17) is 5.73 Å². The number of guanidine groups is 1. The number of nitrogens with two attached hydrogens (primary N) is 1. The normalized spacial score (nSPS) is 16.3. The molecule has 0 aliphatic heterocycles. The van der Waals surface area contributed by atoms with Crippen LogP contribution >= 0.6 is 0 Å². The van der Waals surface area contributed by atoms with Gasteiger partial charge in [-0.05, 0) is 19.8 Å². The largest absolute Gasteiger partial charge is 0.368 e. The molecule has 0 aromatic heterocycles. The van der Waals surface area contributed by atoms with Gasteiger partial charge in [0.15, 0.2) is 0 Å². The van der Waals surface area contributed by atoms with Crippen molar-refractivity contribution < 1.29 is 0 Å². The van der Waals surface area contributed by atoms with Crippen LogP contribution < -0.4 is 5.73 Å². The predicted octanol–water partition coefficient (Wildman–Crippen LogP) is 1.44. The van der Waals surface area contributed by atoms with Gasteiger partial charge in [-0.15, -0.1) is 0 Å². The molecule has 0 fully saturated rings. The molecule has 0 bridgehead atoms. The molecule has 1 atom stereocenters. The van der Waals surface area contributed by atoms with Crippen molar-refractivity contribution in [3.05, 3.63) is 0 Å². The van der Waals surface area contributed by atoms with E-state index in [0.717, 1.165) is 0 Å². The fourth-order valence-corrected chi connectivity index (χ4v) is 0.523. The lowest BCUT2D eigenvalue weighted by molar-refractivity contribution is 0.530. The van der Waals surface area contributed by atoms with Crippen molar-refractivity contribution in [1.82, 2.24) is 0 Å². The molecule has 0 amide bonds. The molecule has 11 heavy (non-hydrogen) atoms. The van der Waals surface area contributed by atoms with Crippen molar-refractivity contribution in [3.63, 3.8) is 0 Å². The van der Waals surface area contributed by atoms with E-state index in [1.54, 1.807) is 6.21 Å². The molecular formula is C8H17N3. The van der Waals surface area contributed by atoms with Crippen molar-refractivity contribution in [1.29, 1.82) is 0 Å². The average molecular weight is 155 g/mol. The van der Waals surface area contributed by atoms with Crippen LogP contribution in [0.5, 0.6) is 0 Å². The number of aliphatic imine (C=N–C) groups is 2. The lowest BCUT2D eigenvalue weighted by Crippen LogP contribution is -2.16. The van der Waals surface area contributed by atoms with Gasteiger partial charge in [0.1, 0.15) is 0 Å². The lowest BCUT2D eigenvalue weighted by atomic mass is 10.1. The first-order valence-corrected chi connectivity index (χ1v) is 3.90. The predicted molar refractivity (Wildman–Crippen MR) is 50.1 cm³/mol. The van der Waals surface area contributed by atoms with Gasteiger partial charge in [-0.1, -0.05) is 13.8 Å². The Kier molecular flexibility index (Phi) is 4.50. The Morgan fingerprint density at radius 2 is 1.91 bits per heavy atom. The summed E-state index contributed by atoms with van der Waals surface area (Å²) in [5.41, 5.74) is 5.48. The van der Waals surface area contributed by atoms with Crippen molar-refractivity contribution >= 4 is 12.2 Å². The van der Waals surface area contributed by atoms with E-state index in [9.17, 15) is 0 Å². The molecule has 0 aliphatic rings. The summed E-state index contributed by atoms with van der Waals surface area (Å²) < 4.78 is 0. The van der Waals surface area contributed by atoms with Gasteiger partial charge in [-0.2, -0.15) is 0 Å². The zero-order valence-electron chi connectivity index (χ0n) is 7.70. The minimum Gasteiger partial charge on any atom is -0.368 e. The van der Waals surface area contributed by atoms with E-state index < -0.39 is 0 Å². The van der Waals surface area contributed by atoms with Crippen LogP contribution in [-0.2, 0) is 0 Å². The van der Waals surface area contributed by atoms with Crippen LogP contribution in [-0.4, -0.2) is 18.2 Å². The zero-order chi connectivity index (χ0) is 8.85. The third kappa shape index (κ3) is 4.53. The van der Waals surface area contributed by atoms with Gasteiger partial charge in [-0.25, -0.2) is 9.98 Å². The Morgan fingerprint density at radius 3 is 2.27 bits per heavy atom. The van der Waals surface area contributed by atoms with Crippen LogP contribution in [0.15, 0.2) is 9.98 Å². The van der Waals surface area contributed by atoms with Crippen LogP contribution in [0, 0.1) is 5.92 Å². The minimum atomic E-state index is 0.249. The van der Waals surface area contributed by atoms with Gasteiger partial charge >= 0.3 is 0 Å². The maximum atomic E-state index is 5.48. The van der Waals surface area contributed by atoms with Crippen LogP contribution in [0.1, 0.15) is 27.7 Å². The highest BCUT2D eigenvalue weighted by Gasteiger charge is 2.04. The summed E-state index contributed by atoms with van der Waals surface area (Å²) in [4.78, 5) is 8.01. The minimum absolute atomic E-state index is 0.249. The highest BCUT2D eigenvalue weighted by Crippen LogP contribution is 2.04. The molecule has 0 saturated carbocycles. The Labute approximate surface area is 68.4 Å². The molecule has 3 nitrogen and oxygen atoms in total. The highest BCUT2D eigenvalue weighted by atomic mass is 15.0. The molecule has 0 aromatic rings. The van der Waals surface area contributed by atoms with Crippen molar-refractivity contribution in [2.45, 2.75) is 33.7 Å². The molecule has 64 valence electrons. The van der Waals surface area contributed by atoms with Gasteiger partial charge in [0.25, 0.3) is 0 Å². The van der Waals surface area contributed by atoms with E-state index in [0.29, 0.717) is 11.9 Å². The maximum Gasteiger partial charge on any atom is 0.215 e. The smallest absolute Gasteiger partial charge is 0.215 e. The maximum absolute atomic E-state index is 5.48. The van der Waals surface area contributed by atoms with Gasteiger partial charge < -0.3 is 5.73 Å². The standard InChI is InChI=1S/C8H17N3/c1-5-10-8(9)11-7(4)6(2)3/h5-7H,1-4H3,(H2,9,11)/t7-/m1/s1. The zero-order valence-corrected chi connectivity index (χ0v) is 7.70. The first-order chi connectivity index (χ1) is 5.07. The fraction of sp³-hybridized carbons (Fsp3) is 0.750. The van der Waals surface area contributed by atoms with Crippen molar-refractivity contribution in [2.24, 2.45) is 21.6 Å². The van der Waals surface area contributed by atoms with Crippen LogP contribution in [0.4, 0.5) is 0 Å². The quantitative estimate of drug-likeness (QED) is 0.476. The number of rotatable bonds is 2. The van der Waals surface area contributed by atoms with E-state index in [-0.39, 0.29) is 6.04 Å². The number of nitrogens with zero attached hydrogens (tertiary/aromatic N) is 2. The van der Waals surface area contributed by atoms with Gasteiger partial charge in [0.05, 0.1) is 6.04 Å². The Balaban J connectivity index is 4.07. The summed E-state index contributed by atoms with van der Waals surface area (Å²) in [6, 6.07) is 0.249. The SMILES string of the molecule is CC=NC(N)=N[C@H](C)C(C)C. The summed E-state index contributed by atoms with van der Waals surface area (Å²) >= 11 is 0. The summed E-state index contributed by atoms with van der Waals surface area (Å²) in [5, 5.41) is 0. The van der Waals surface area contributed by atoms with E-state index in [1.807, 2.05) is 13.8 Å². The number of hydrogen-bond acceptors (Lipinski definition) is 1. The van der Waals surface area contributed by atoms with E-state index in [1.165, 1.54) is 0 Å². The molecule has 3 heteroatoms. The third-order valence-electron chi connectivity index (χ3n) is 1.56. The fourth-order valence-electron chi connectivity index (χ4n) is 0.523. The molecular weight excluding hydrogens is 138 g/mol. The first kappa shape index (κ1) is 10.1. The van der Waals surface area contributed by atoms with E-state index >= 15 is 0 Å². The molecule has 0 aliphatic carbocycles. The monoisotopic (exact) mass is 155 g/mol. The van der Waals surface area contributed by atoms with Gasteiger partial charge in [0, 0.05) is 6.21 Å². The van der Waals surface area contributed by atoms with Crippen molar-refractivity contribution in [2.75, 3.05) is 0 Å². The van der Waals surface area contributed by atoms with Gasteiger partial charge in [-0.3, -0.25) is 0 Å². The first-order valence-electron chi connectivity index (χ1n) is 3.90. The topological polar surface area (TPSA) is 50.7 Å². The van der Waals surface area contributed by atoms with Crippen LogP contribution in [0.25, 0.3) is 0 Å². The molecule has 0 unspecified atom stereocenters. The number of hydrogen-bond donors (Lipinski definition) is 1. The summed E-state index contributed by atoms with van der Waals surface area (Å²) in [6.07, 6.45) is 1.64. The van der Waals surface area contributed by atoms with Gasteiger partial charge in [0.2, 0.25) is 5.96 Å². The summed E-state index contributed by atoms with van der Waals surface area (Å²) in [6.45, 7) is 8.07. The molecule has 0 radical (unpaired) electrons. The van der Waals surface area contributed by atoms with Crippen LogP contribution in [0.2, 0.25) is 0 Å². The second kappa shape index (κ2) is 4.88. The summed E-state index contributed by atoms with van der Waals surface area (Å²) in [5.74, 6) is 0.884. The van der Waals surface area contributed by atoms with E-state index in [2.05, 4.69) is 23.8 Å². The molecule has 2 N–H and O–H groups in total. The third-order valence-corrected chi connectivity index (χ3v) is 1.56. The Hall–Kier alpha value is -0.860. The highest BCUT2D eigenvalue weighted by molar-refractivity contribution is 5.85. The van der Waals surface area contributed by atoms with Crippen molar-refractivity contribution in [3.8, 4) is 0 Å².